The Labute approximate surface area is 105 Å². The molecule has 1 aliphatic heterocycles. The standard InChI is InChI=1S/C14H27NO2/c1-2-14(16,11-15)12-6-9-17-13(10-12)7-4-3-5-8-13/h12,16H,2-11,15H2,1H3. The molecule has 1 saturated heterocycles. The number of nitrogens with two attached hydrogens (primary N) is 1. The van der Waals surface area contributed by atoms with Gasteiger partial charge in [0.1, 0.15) is 0 Å². The molecule has 100 valence electrons. The minimum absolute atomic E-state index is 0.0689. The predicted molar refractivity (Wildman–Crippen MR) is 68.8 cm³/mol. The van der Waals surface area contributed by atoms with E-state index in [0.717, 1.165) is 25.9 Å². The Morgan fingerprint density at radius 2 is 2.06 bits per heavy atom. The second-order valence-electron chi connectivity index (χ2n) is 5.94. The molecule has 2 aliphatic rings. The number of aliphatic hydroxyl groups is 1. The lowest BCUT2D eigenvalue weighted by Crippen LogP contribution is -2.52. The molecule has 3 heteroatoms. The number of hydrogen-bond donors (Lipinski definition) is 2. The van der Waals surface area contributed by atoms with Gasteiger partial charge in [0.25, 0.3) is 0 Å². The second-order valence-corrected chi connectivity index (χ2v) is 5.94. The van der Waals surface area contributed by atoms with Gasteiger partial charge in [0.15, 0.2) is 0 Å². The van der Waals surface area contributed by atoms with E-state index in [1.807, 2.05) is 6.92 Å². The topological polar surface area (TPSA) is 55.5 Å². The summed E-state index contributed by atoms with van der Waals surface area (Å²) in [5, 5.41) is 10.6. The molecule has 17 heavy (non-hydrogen) atoms. The Bertz CT molecular complexity index is 239. The monoisotopic (exact) mass is 241 g/mol. The van der Waals surface area contributed by atoms with Gasteiger partial charge in [0, 0.05) is 13.2 Å². The highest BCUT2D eigenvalue weighted by molar-refractivity contribution is 4.96. The molecule has 2 rings (SSSR count). The van der Waals surface area contributed by atoms with E-state index in [1.54, 1.807) is 0 Å². The van der Waals surface area contributed by atoms with Crippen LogP contribution in [0.1, 0.15) is 58.3 Å². The van der Waals surface area contributed by atoms with Crippen molar-refractivity contribution >= 4 is 0 Å². The Kier molecular flexibility index (Phi) is 4.11. The number of ether oxygens (including phenoxy) is 1. The zero-order valence-corrected chi connectivity index (χ0v) is 11.1. The van der Waals surface area contributed by atoms with Gasteiger partial charge in [0.05, 0.1) is 11.2 Å². The minimum Gasteiger partial charge on any atom is -0.388 e. The maximum absolute atomic E-state index is 10.6. The van der Waals surface area contributed by atoms with E-state index in [-0.39, 0.29) is 5.60 Å². The summed E-state index contributed by atoms with van der Waals surface area (Å²) in [5.74, 6) is 0.323. The summed E-state index contributed by atoms with van der Waals surface area (Å²) in [7, 11) is 0. The van der Waals surface area contributed by atoms with Gasteiger partial charge < -0.3 is 15.6 Å². The largest absolute Gasteiger partial charge is 0.388 e. The van der Waals surface area contributed by atoms with Crippen molar-refractivity contribution in [3.05, 3.63) is 0 Å². The van der Waals surface area contributed by atoms with Gasteiger partial charge in [-0.25, -0.2) is 0 Å². The third kappa shape index (κ3) is 2.67. The van der Waals surface area contributed by atoms with Crippen molar-refractivity contribution < 1.29 is 9.84 Å². The van der Waals surface area contributed by atoms with E-state index in [0.29, 0.717) is 12.5 Å². The number of hydrogen-bond acceptors (Lipinski definition) is 3. The van der Waals surface area contributed by atoms with Crippen molar-refractivity contribution in [3.63, 3.8) is 0 Å². The second kappa shape index (κ2) is 5.25. The highest BCUT2D eigenvalue weighted by atomic mass is 16.5. The first-order chi connectivity index (χ1) is 8.14. The Balaban J connectivity index is 2.05. The van der Waals surface area contributed by atoms with Crippen LogP contribution in [0.25, 0.3) is 0 Å². The molecule has 2 atom stereocenters. The van der Waals surface area contributed by atoms with Crippen LogP contribution in [0.3, 0.4) is 0 Å². The molecular weight excluding hydrogens is 214 g/mol. The molecule has 0 aromatic rings. The Morgan fingerprint density at radius 3 is 2.65 bits per heavy atom. The fraction of sp³-hybridized carbons (Fsp3) is 1.00. The Morgan fingerprint density at radius 1 is 1.35 bits per heavy atom. The van der Waals surface area contributed by atoms with E-state index in [4.69, 9.17) is 10.5 Å². The molecule has 2 fully saturated rings. The summed E-state index contributed by atoms with van der Waals surface area (Å²) in [6.45, 7) is 3.22. The van der Waals surface area contributed by atoms with E-state index in [2.05, 4.69) is 0 Å². The average Bonchev–Trinajstić information content (AvgIpc) is 2.39. The highest BCUT2D eigenvalue weighted by Crippen LogP contribution is 2.44. The molecule has 1 heterocycles. The van der Waals surface area contributed by atoms with Crippen molar-refractivity contribution in [2.24, 2.45) is 11.7 Å². The Hall–Kier alpha value is -0.120. The normalized spacial score (nSPS) is 32.3. The molecule has 2 unspecified atom stereocenters. The van der Waals surface area contributed by atoms with E-state index >= 15 is 0 Å². The highest BCUT2D eigenvalue weighted by Gasteiger charge is 2.44. The maximum atomic E-state index is 10.6. The summed E-state index contributed by atoms with van der Waals surface area (Å²) in [5.41, 5.74) is 5.17. The summed E-state index contributed by atoms with van der Waals surface area (Å²) < 4.78 is 6.07. The van der Waals surface area contributed by atoms with Crippen molar-refractivity contribution in [1.29, 1.82) is 0 Å². The molecule has 3 N–H and O–H groups in total. The van der Waals surface area contributed by atoms with Gasteiger partial charge in [-0.15, -0.1) is 0 Å². The van der Waals surface area contributed by atoms with Crippen molar-refractivity contribution in [3.8, 4) is 0 Å². The molecule has 0 radical (unpaired) electrons. The van der Waals surface area contributed by atoms with Gasteiger partial charge in [-0.3, -0.25) is 0 Å². The molecule has 0 amide bonds. The van der Waals surface area contributed by atoms with E-state index < -0.39 is 5.60 Å². The van der Waals surface area contributed by atoms with Crippen LogP contribution in [0.2, 0.25) is 0 Å². The van der Waals surface area contributed by atoms with Crippen LogP contribution in [0.5, 0.6) is 0 Å². The van der Waals surface area contributed by atoms with Crippen LogP contribution >= 0.6 is 0 Å². The van der Waals surface area contributed by atoms with Gasteiger partial charge >= 0.3 is 0 Å². The molecule has 3 nitrogen and oxygen atoms in total. The van der Waals surface area contributed by atoms with Gasteiger partial charge in [0.2, 0.25) is 0 Å². The first kappa shape index (κ1) is 13.3. The van der Waals surface area contributed by atoms with Crippen LogP contribution in [0, 0.1) is 5.92 Å². The third-order valence-corrected chi connectivity index (χ3v) is 4.98. The predicted octanol–water partition coefficient (Wildman–Crippen LogP) is 2.22. The lowest BCUT2D eigenvalue weighted by molar-refractivity contribution is -0.154. The molecule has 1 aliphatic carbocycles. The van der Waals surface area contributed by atoms with Crippen LogP contribution < -0.4 is 5.73 Å². The molecule has 1 saturated carbocycles. The van der Waals surface area contributed by atoms with Gasteiger partial charge in [-0.2, -0.15) is 0 Å². The van der Waals surface area contributed by atoms with Crippen LogP contribution in [0.4, 0.5) is 0 Å². The summed E-state index contributed by atoms with van der Waals surface area (Å²) in [6.07, 6.45) is 8.97. The molecule has 0 aromatic carbocycles. The number of rotatable bonds is 3. The zero-order chi connectivity index (χ0) is 12.4. The third-order valence-electron chi connectivity index (χ3n) is 4.98. The average molecular weight is 241 g/mol. The van der Waals surface area contributed by atoms with Crippen LogP contribution in [-0.4, -0.2) is 29.5 Å². The van der Waals surface area contributed by atoms with Gasteiger partial charge in [-0.05, 0) is 38.0 Å². The summed E-state index contributed by atoms with van der Waals surface area (Å²) in [6, 6.07) is 0. The minimum atomic E-state index is -0.672. The lowest BCUT2D eigenvalue weighted by Gasteiger charge is -2.48. The maximum Gasteiger partial charge on any atom is 0.0796 e. The van der Waals surface area contributed by atoms with E-state index in [9.17, 15) is 5.11 Å². The first-order valence-electron chi connectivity index (χ1n) is 7.20. The first-order valence-corrected chi connectivity index (χ1v) is 7.20. The van der Waals surface area contributed by atoms with Crippen LogP contribution in [0.15, 0.2) is 0 Å². The molecule has 1 spiro atoms. The SMILES string of the molecule is CCC(O)(CN)C1CCOC2(CCCCC2)C1. The molecule has 0 bridgehead atoms. The zero-order valence-electron chi connectivity index (χ0n) is 11.1. The van der Waals surface area contributed by atoms with Crippen LogP contribution in [-0.2, 0) is 4.74 Å². The van der Waals surface area contributed by atoms with Gasteiger partial charge in [-0.1, -0.05) is 26.2 Å². The smallest absolute Gasteiger partial charge is 0.0796 e. The van der Waals surface area contributed by atoms with Crippen molar-refractivity contribution in [2.45, 2.75) is 69.5 Å². The molecule has 0 aromatic heterocycles. The molecular formula is C14H27NO2. The van der Waals surface area contributed by atoms with E-state index in [1.165, 1.54) is 32.1 Å². The fourth-order valence-electron chi connectivity index (χ4n) is 3.63. The lowest BCUT2D eigenvalue weighted by atomic mass is 9.70. The van der Waals surface area contributed by atoms with Crippen molar-refractivity contribution in [1.82, 2.24) is 0 Å². The van der Waals surface area contributed by atoms with Crippen molar-refractivity contribution in [2.75, 3.05) is 13.2 Å². The fourth-order valence-corrected chi connectivity index (χ4v) is 3.63. The summed E-state index contributed by atoms with van der Waals surface area (Å²) >= 11 is 0. The summed E-state index contributed by atoms with van der Waals surface area (Å²) in [4.78, 5) is 0. The quantitative estimate of drug-likeness (QED) is 0.796.